The molecule has 0 aromatic heterocycles. The molecule has 2 unspecified atom stereocenters. The Labute approximate surface area is 134 Å². The van der Waals surface area contributed by atoms with Crippen LogP contribution in [0.4, 0.5) is 13.6 Å². The van der Waals surface area contributed by atoms with E-state index in [4.69, 9.17) is 9.47 Å². The molecule has 2 atom stereocenters. The third kappa shape index (κ3) is 4.76. The predicted octanol–water partition coefficient (Wildman–Crippen LogP) is 3.88. The van der Waals surface area contributed by atoms with E-state index in [-0.39, 0.29) is 12.2 Å². The van der Waals surface area contributed by atoms with Crippen LogP contribution < -0.4 is 5.32 Å². The maximum absolute atomic E-state index is 14.0. The van der Waals surface area contributed by atoms with Gasteiger partial charge < -0.3 is 14.8 Å². The van der Waals surface area contributed by atoms with Crippen LogP contribution in [0.3, 0.4) is 0 Å². The van der Waals surface area contributed by atoms with Crippen LogP contribution in [0.1, 0.15) is 38.9 Å². The molecular formula is C17H21F2NO3. The number of amides is 1. The summed E-state index contributed by atoms with van der Waals surface area (Å²) in [6, 6.07) is 2.58. The molecule has 0 bridgehead atoms. The van der Waals surface area contributed by atoms with E-state index in [0.717, 1.165) is 23.8 Å². The summed E-state index contributed by atoms with van der Waals surface area (Å²) >= 11 is 0. The van der Waals surface area contributed by atoms with E-state index in [2.05, 4.69) is 11.9 Å². The van der Waals surface area contributed by atoms with Crippen molar-refractivity contribution in [2.45, 2.75) is 44.9 Å². The first kappa shape index (κ1) is 17.4. The Bertz CT molecular complexity index is 610. The Morgan fingerprint density at radius 1 is 1.39 bits per heavy atom. The van der Waals surface area contributed by atoms with Gasteiger partial charge in [-0.1, -0.05) is 6.58 Å². The third-order valence-electron chi connectivity index (χ3n) is 3.31. The molecular weight excluding hydrogens is 304 g/mol. The van der Waals surface area contributed by atoms with Crippen LogP contribution >= 0.6 is 0 Å². The van der Waals surface area contributed by atoms with Crippen molar-refractivity contribution in [2.24, 2.45) is 0 Å². The number of nitrogens with one attached hydrogen (secondary N) is 1. The molecule has 0 aliphatic carbocycles. The molecule has 1 N–H and O–H groups in total. The highest BCUT2D eigenvalue weighted by Gasteiger charge is 2.33. The molecule has 1 aromatic carbocycles. The standard InChI is InChI=1S/C17H21F2NO3/c1-10-7-14(20-16(21)23-17(2,3)4)15(22-9-10)12-8-11(18)5-6-13(12)19/h5-6,8,14-15H,1,7,9H2,2-4H3,(H,20,21). The van der Waals surface area contributed by atoms with E-state index in [1.807, 2.05) is 0 Å². The van der Waals surface area contributed by atoms with Gasteiger partial charge in [0.15, 0.2) is 0 Å². The minimum atomic E-state index is -0.802. The van der Waals surface area contributed by atoms with Crippen LogP contribution in [0.25, 0.3) is 0 Å². The number of carbonyl (C=O) groups excluding carboxylic acids is 1. The molecule has 6 heteroatoms. The summed E-state index contributed by atoms with van der Waals surface area (Å²) in [5.41, 5.74) is 0.175. The summed E-state index contributed by atoms with van der Waals surface area (Å²) < 4.78 is 38.2. The predicted molar refractivity (Wildman–Crippen MR) is 82.0 cm³/mol. The lowest BCUT2D eigenvalue weighted by Gasteiger charge is -2.34. The number of hydrogen-bond donors (Lipinski definition) is 1. The second-order valence-electron chi connectivity index (χ2n) is 6.60. The Morgan fingerprint density at radius 2 is 2.09 bits per heavy atom. The number of alkyl carbamates (subject to hydrolysis) is 1. The van der Waals surface area contributed by atoms with Gasteiger partial charge in [0, 0.05) is 5.56 Å². The van der Waals surface area contributed by atoms with E-state index in [1.165, 1.54) is 0 Å². The van der Waals surface area contributed by atoms with E-state index < -0.39 is 35.5 Å². The summed E-state index contributed by atoms with van der Waals surface area (Å²) in [4.78, 5) is 12.0. The Morgan fingerprint density at radius 3 is 2.74 bits per heavy atom. The fourth-order valence-electron chi connectivity index (χ4n) is 2.43. The highest BCUT2D eigenvalue weighted by atomic mass is 19.1. The van der Waals surface area contributed by atoms with Crippen molar-refractivity contribution in [3.63, 3.8) is 0 Å². The van der Waals surface area contributed by atoms with E-state index >= 15 is 0 Å². The Kier molecular flexibility index (Phi) is 5.04. The molecule has 1 heterocycles. The number of halogens is 2. The molecule has 2 rings (SSSR count). The zero-order chi connectivity index (χ0) is 17.2. The van der Waals surface area contributed by atoms with Gasteiger partial charge in [0.2, 0.25) is 0 Å². The largest absolute Gasteiger partial charge is 0.444 e. The van der Waals surface area contributed by atoms with Gasteiger partial charge in [0.05, 0.1) is 12.6 Å². The minimum Gasteiger partial charge on any atom is -0.444 e. The van der Waals surface area contributed by atoms with E-state index in [1.54, 1.807) is 20.8 Å². The van der Waals surface area contributed by atoms with Crippen LogP contribution in [0.15, 0.2) is 30.4 Å². The van der Waals surface area contributed by atoms with Gasteiger partial charge in [-0.3, -0.25) is 0 Å². The molecule has 0 radical (unpaired) electrons. The van der Waals surface area contributed by atoms with Crippen molar-refractivity contribution >= 4 is 6.09 Å². The maximum atomic E-state index is 14.0. The second-order valence-corrected chi connectivity index (χ2v) is 6.60. The van der Waals surface area contributed by atoms with Crippen LogP contribution in [0.5, 0.6) is 0 Å². The second kappa shape index (κ2) is 6.66. The normalized spacial score (nSPS) is 21.9. The zero-order valence-corrected chi connectivity index (χ0v) is 13.5. The van der Waals surface area contributed by atoms with Gasteiger partial charge in [0.1, 0.15) is 23.3 Å². The lowest BCUT2D eigenvalue weighted by molar-refractivity contribution is 0.00328. The Hall–Kier alpha value is -1.95. The quantitative estimate of drug-likeness (QED) is 0.840. The molecule has 1 aromatic rings. The number of rotatable bonds is 2. The van der Waals surface area contributed by atoms with E-state index in [9.17, 15) is 13.6 Å². The third-order valence-corrected chi connectivity index (χ3v) is 3.31. The highest BCUT2D eigenvalue weighted by molar-refractivity contribution is 5.68. The van der Waals surface area contributed by atoms with Gasteiger partial charge in [-0.05, 0) is 51.0 Å². The lowest BCUT2D eigenvalue weighted by Crippen LogP contribution is -2.45. The smallest absolute Gasteiger partial charge is 0.407 e. The molecule has 23 heavy (non-hydrogen) atoms. The van der Waals surface area contributed by atoms with Crippen molar-refractivity contribution in [3.05, 3.63) is 47.5 Å². The summed E-state index contributed by atoms with van der Waals surface area (Å²) in [6.45, 7) is 9.29. The number of carbonyl (C=O) groups is 1. The van der Waals surface area contributed by atoms with Crippen molar-refractivity contribution in [2.75, 3.05) is 6.61 Å². The van der Waals surface area contributed by atoms with Crippen LogP contribution in [0, 0.1) is 11.6 Å². The average molecular weight is 325 g/mol. The van der Waals surface area contributed by atoms with Crippen molar-refractivity contribution in [1.82, 2.24) is 5.32 Å². The first-order chi connectivity index (χ1) is 10.7. The number of ether oxygens (including phenoxy) is 2. The van der Waals surface area contributed by atoms with Crippen LogP contribution in [-0.2, 0) is 9.47 Å². The molecule has 1 saturated heterocycles. The molecule has 4 nitrogen and oxygen atoms in total. The molecule has 0 spiro atoms. The first-order valence-corrected chi connectivity index (χ1v) is 7.38. The van der Waals surface area contributed by atoms with Crippen molar-refractivity contribution < 1.29 is 23.0 Å². The molecule has 1 amide bonds. The fraction of sp³-hybridized carbons (Fsp3) is 0.471. The van der Waals surface area contributed by atoms with E-state index in [0.29, 0.717) is 6.42 Å². The van der Waals surface area contributed by atoms with Gasteiger partial charge in [-0.2, -0.15) is 0 Å². The molecule has 126 valence electrons. The van der Waals surface area contributed by atoms with Crippen LogP contribution in [0.2, 0.25) is 0 Å². The molecule has 1 fully saturated rings. The minimum absolute atomic E-state index is 0.0681. The summed E-state index contributed by atoms with van der Waals surface area (Å²) in [5.74, 6) is -1.15. The first-order valence-electron chi connectivity index (χ1n) is 7.38. The number of hydrogen-bond acceptors (Lipinski definition) is 3. The molecule has 1 aliphatic heterocycles. The maximum Gasteiger partial charge on any atom is 0.407 e. The lowest BCUT2D eigenvalue weighted by atomic mass is 9.93. The van der Waals surface area contributed by atoms with Crippen LogP contribution in [-0.4, -0.2) is 24.3 Å². The summed E-state index contributed by atoms with van der Waals surface area (Å²) in [7, 11) is 0. The zero-order valence-electron chi connectivity index (χ0n) is 13.5. The van der Waals surface area contributed by atoms with Crippen molar-refractivity contribution in [1.29, 1.82) is 0 Å². The molecule has 0 saturated carbocycles. The van der Waals surface area contributed by atoms with Gasteiger partial charge in [0.25, 0.3) is 0 Å². The Balaban J connectivity index is 2.21. The van der Waals surface area contributed by atoms with Crippen molar-refractivity contribution in [3.8, 4) is 0 Å². The number of benzene rings is 1. The van der Waals surface area contributed by atoms with Gasteiger partial charge in [-0.15, -0.1) is 0 Å². The molecule has 1 aliphatic rings. The monoisotopic (exact) mass is 325 g/mol. The highest BCUT2D eigenvalue weighted by Crippen LogP contribution is 2.32. The fourth-order valence-corrected chi connectivity index (χ4v) is 2.43. The topological polar surface area (TPSA) is 47.6 Å². The SMILES string of the molecule is C=C1COC(c2cc(F)ccc2F)C(NC(=O)OC(C)(C)C)C1. The van der Waals surface area contributed by atoms with Gasteiger partial charge >= 0.3 is 6.09 Å². The van der Waals surface area contributed by atoms with Gasteiger partial charge in [-0.25, -0.2) is 13.6 Å². The summed E-state index contributed by atoms with van der Waals surface area (Å²) in [5, 5.41) is 2.66. The average Bonchev–Trinajstić information content (AvgIpc) is 2.40. The summed E-state index contributed by atoms with van der Waals surface area (Å²) in [6.07, 6.45) is -1.04.